The van der Waals surface area contributed by atoms with Crippen molar-refractivity contribution in [3.63, 3.8) is 0 Å². The van der Waals surface area contributed by atoms with Gasteiger partial charge in [0.05, 0.1) is 16.6 Å². The van der Waals surface area contributed by atoms with Gasteiger partial charge in [-0.15, -0.1) is 0 Å². The van der Waals surface area contributed by atoms with Crippen molar-refractivity contribution in [2.45, 2.75) is 13.8 Å². The lowest BCUT2D eigenvalue weighted by Gasteiger charge is -2.14. The van der Waals surface area contributed by atoms with Crippen LogP contribution in [0, 0.1) is 19.7 Å². The van der Waals surface area contributed by atoms with Crippen LogP contribution in [-0.2, 0) is 4.79 Å². The van der Waals surface area contributed by atoms with Crippen LogP contribution in [-0.4, -0.2) is 22.1 Å². The lowest BCUT2D eigenvalue weighted by molar-refractivity contribution is -0.118. The number of para-hydroxylation sites is 1. The molecule has 3 aromatic carbocycles. The number of hydrogen-bond acceptors (Lipinski definition) is 4. The van der Waals surface area contributed by atoms with E-state index in [0.29, 0.717) is 33.9 Å². The third-order valence-electron chi connectivity index (χ3n) is 4.87. The van der Waals surface area contributed by atoms with Crippen molar-refractivity contribution in [2.24, 2.45) is 0 Å². The number of nitrogens with zero attached hydrogens (tertiary/aromatic N) is 2. The molecule has 6 nitrogen and oxygen atoms in total. The van der Waals surface area contributed by atoms with Crippen molar-refractivity contribution >= 4 is 22.5 Å². The first-order chi connectivity index (χ1) is 14.9. The van der Waals surface area contributed by atoms with E-state index in [1.165, 1.54) is 24.3 Å². The van der Waals surface area contributed by atoms with E-state index in [0.717, 1.165) is 5.56 Å². The number of aryl methyl sites for hydroxylation is 2. The molecule has 0 saturated carbocycles. The minimum absolute atomic E-state index is 0.146. The molecule has 1 heterocycles. The van der Waals surface area contributed by atoms with Crippen LogP contribution < -0.4 is 15.6 Å². The van der Waals surface area contributed by atoms with Gasteiger partial charge in [-0.25, -0.2) is 9.37 Å². The summed E-state index contributed by atoms with van der Waals surface area (Å²) in [6.45, 7) is 3.42. The van der Waals surface area contributed by atoms with Crippen molar-refractivity contribution in [3.05, 3.63) is 94.3 Å². The minimum Gasteiger partial charge on any atom is -0.484 e. The molecule has 1 aromatic heterocycles. The van der Waals surface area contributed by atoms with Gasteiger partial charge >= 0.3 is 0 Å². The maximum atomic E-state index is 13.0. The first-order valence-corrected chi connectivity index (χ1v) is 9.70. The van der Waals surface area contributed by atoms with Gasteiger partial charge in [-0.05, 0) is 74.0 Å². The van der Waals surface area contributed by atoms with Crippen molar-refractivity contribution in [3.8, 4) is 11.4 Å². The minimum atomic E-state index is -0.372. The zero-order valence-electron chi connectivity index (χ0n) is 17.1. The number of nitrogens with one attached hydrogen (secondary N) is 1. The highest BCUT2D eigenvalue weighted by Crippen LogP contribution is 2.20. The average Bonchev–Trinajstić information content (AvgIpc) is 2.75. The molecule has 1 amide bonds. The fourth-order valence-electron chi connectivity index (χ4n) is 3.34. The van der Waals surface area contributed by atoms with Gasteiger partial charge in [-0.2, -0.15) is 0 Å². The Hall–Kier alpha value is -4.00. The normalized spacial score (nSPS) is 10.8. The van der Waals surface area contributed by atoms with Gasteiger partial charge in [-0.3, -0.25) is 14.2 Å². The third kappa shape index (κ3) is 4.30. The molecule has 0 spiro atoms. The quantitative estimate of drug-likeness (QED) is 0.529. The topological polar surface area (TPSA) is 73.2 Å². The first-order valence-electron chi connectivity index (χ1n) is 9.70. The summed E-state index contributed by atoms with van der Waals surface area (Å²) in [7, 11) is 0. The lowest BCUT2D eigenvalue weighted by atomic mass is 10.1. The van der Waals surface area contributed by atoms with Crippen LogP contribution in [0.5, 0.6) is 5.75 Å². The Balaban J connectivity index is 1.53. The molecule has 7 heteroatoms. The fraction of sp³-hybridized carbons (Fsp3) is 0.125. The van der Waals surface area contributed by atoms with Gasteiger partial charge in [-0.1, -0.05) is 12.1 Å². The number of benzene rings is 3. The van der Waals surface area contributed by atoms with Crippen molar-refractivity contribution in [2.75, 3.05) is 11.9 Å². The fourth-order valence-corrected chi connectivity index (χ4v) is 3.34. The Bertz CT molecular complexity index is 1330. The van der Waals surface area contributed by atoms with E-state index in [-0.39, 0.29) is 23.9 Å². The molecular formula is C24H20FN3O3. The zero-order valence-corrected chi connectivity index (χ0v) is 17.1. The van der Waals surface area contributed by atoms with E-state index in [1.807, 2.05) is 31.2 Å². The number of carbonyl (C=O) groups is 1. The van der Waals surface area contributed by atoms with Crippen LogP contribution in [0.25, 0.3) is 16.6 Å². The highest BCUT2D eigenvalue weighted by Gasteiger charge is 2.12. The predicted molar refractivity (Wildman–Crippen MR) is 117 cm³/mol. The molecule has 0 bridgehead atoms. The second kappa shape index (κ2) is 8.39. The van der Waals surface area contributed by atoms with E-state index in [4.69, 9.17) is 4.74 Å². The third-order valence-corrected chi connectivity index (χ3v) is 4.87. The van der Waals surface area contributed by atoms with E-state index >= 15 is 0 Å². The molecule has 0 fully saturated rings. The van der Waals surface area contributed by atoms with Crippen LogP contribution in [0.2, 0.25) is 0 Å². The number of ether oxygens (including phenoxy) is 1. The van der Waals surface area contributed by atoms with Gasteiger partial charge < -0.3 is 10.1 Å². The maximum absolute atomic E-state index is 13.0. The largest absolute Gasteiger partial charge is 0.484 e. The average molecular weight is 417 g/mol. The highest BCUT2D eigenvalue weighted by atomic mass is 19.1. The summed E-state index contributed by atoms with van der Waals surface area (Å²) in [6.07, 6.45) is 0. The zero-order chi connectivity index (χ0) is 22.0. The Morgan fingerprint density at radius 1 is 1.06 bits per heavy atom. The number of fused-ring (bicyclic) bond motifs is 1. The Kier molecular flexibility index (Phi) is 5.49. The predicted octanol–water partition coefficient (Wildman–Crippen LogP) is 4.16. The lowest BCUT2D eigenvalue weighted by Crippen LogP contribution is -2.23. The van der Waals surface area contributed by atoms with E-state index in [9.17, 15) is 14.0 Å². The smallest absolute Gasteiger partial charge is 0.265 e. The molecule has 156 valence electrons. The first kappa shape index (κ1) is 20.3. The molecule has 4 aromatic rings. The van der Waals surface area contributed by atoms with Gasteiger partial charge in [0.25, 0.3) is 11.5 Å². The van der Waals surface area contributed by atoms with Crippen LogP contribution >= 0.6 is 0 Å². The SMILES string of the molecule is Cc1cc(-n2c(C)nc3ccccc3c2=O)ccc1NC(=O)COc1ccc(F)cc1. The van der Waals surface area contributed by atoms with Gasteiger partial charge in [0, 0.05) is 5.69 Å². The van der Waals surface area contributed by atoms with Crippen molar-refractivity contribution in [1.29, 1.82) is 0 Å². The number of amides is 1. The van der Waals surface area contributed by atoms with Crippen molar-refractivity contribution in [1.82, 2.24) is 9.55 Å². The highest BCUT2D eigenvalue weighted by molar-refractivity contribution is 5.92. The monoisotopic (exact) mass is 417 g/mol. The van der Waals surface area contributed by atoms with Crippen LogP contribution in [0.15, 0.2) is 71.5 Å². The number of anilines is 1. The van der Waals surface area contributed by atoms with Crippen LogP contribution in [0.4, 0.5) is 10.1 Å². The second-order valence-corrected chi connectivity index (χ2v) is 7.11. The summed E-state index contributed by atoms with van der Waals surface area (Å²) >= 11 is 0. The Morgan fingerprint density at radius 2 is 1.81 bits per heavy atom. The summed E-state index contributed by atoms with van der Waals surface area (Å²) in [6, 6.07) is 18.0. The summed E-state index contributed by atoms with van der Waals surface area (Å²) in [5, 5.41) is 3.33. The molecule has 0 aliphatic carbocycles. The summed E-state index contributed by atoms with van der Waals surface area (Å²) in [5.74, 6) is 0.263. The van der Waals surface area contributed by atoms with Gasteiger partial charge in [0.15, 0.2) is 6.61 Å². The van der Waals surface area contributed by atoms with Crippen LogP contribution in [0.1, 0.15) is 11.4 Å². The van der Waals surface area contributed by atoms with E-state index in [1.54, 1.807) is 29.7 Å². The molecule has 4 rings (SSSR count). The van der Waals surface area contributed by atoms with Gasteiger partial charge in [0.2, 0.25) is 0 Å². The molecule has 0 aliphatic rings. The second-order valence-electron chi connectivity index (χ2n) is 7.11. The number of rotatable bonds is 5. The standard InChI is InChI=1S/C24H20FN3O3/c1-15-13-18(28-16(2)26-22-6-4-3-5-20(22)24(28)30)9-12-21(15)27-23(29)14-31-19-10-7-17(25)8-11-19/h3-13H,14H2,1-2H3,(H,27,29). The molecule has 0 unspecified atom stereocenters. The summed E-state index contributed by atoms with van der Waals surface area (Å²) < 4.78 is 19.9. The summed E-state index contributed by atoms with van der Waals surface area (Å²) in [4.78, 5) is 29.7. The van der Waals surface area contributed by atoms with Crippen LogP contribution in [0.3, 0.4) is 0 Å². The maximum Gasteiger partial charge on any atom is 0.265 e. The number of hydrogen-bond donors (Lipinski definition) is 1. The number of halogens is 1. The molecule has 1 N–H and O–H groups in total. The summed E-state index contributed by atoms with van der Waals surface area (Å²) in [5.41, 5.74) is 2.57. The van der Waals surface area contributed by atoms with E-state index in [2.05, 4.69) is 10.3 Å². The Labute approximate surface area is 177 Å². The van der Waals surface area contributed by atoms with Crippen molar-refractivity contribution < 1.29 is 13.9 Å². The molecule has 0 aliphatic heterocycles. The molecule has 0 atom stereocenters. The van der Waals surface area contributed by atoms with Gasteiger partial charge in [0.1, 0.15) is 17.4 Å². The number of aromatic nitrogens is 2. The molecular weight excluding hydrogens is 397 g/mol. The van der Waals surface area contributed by atoms with E-state index < -0.39 is 0 Å². The molecule has 31 heavy (non-hydrogen) atoms. The molecule has 0 radical (unpaired) electrons. The Morgan fingerprint density at radius 3 is 2.55 bits per heavy atom. The molecule has 0 saturated heterocycles. The number of carbonyl (C=O) groups excluding carboxylic acids is 1.